The van der Waals surface area contributed by atoms with E-state index in [-0.39, 0.29) is 23.7 Å². The molecule has 0 radical (unpaired) electrons. The zero-order valence-corrected chi connectivity index (χ0v) is 13.3. The molecule has 1 aliphatic rings. The molecule has 0 saturated heterocycles. The first kappa shape index (κ1) is 15.7. The van der Waals surface area contributed by atoms with E-state index in [9.17, 15) is 13.2 Å². The summed E-state index contributed by atoms with van der Waals surface area (Å²) in [5, 5.41) is 12.7. The first-order valence-electron chi connectivity index (χ1n) is 7.24. The number of sulfonamides is 1. The van der Waals surface area contributed by atoms with Gasteiger partial charge >= 0.3 is 5.97 Å². The smallest absolute Gasteiger partial charge is 0.358 e. The van der Waals surface area contributed by atoms with Crippen LogP contribution in [-0.4, -0.2) is 35.5 Å². The fourth-order valence-corrected chi connectivity index (χ4v) is 4.45. The maximum absolute atomic E-state index is 12.9. The fourth-order valence-electron chi connectivity index (χ4n) is 2.74. The van der Waals surface area contributed by atoms with Gasteiger partial charge < -0.3 is 9.63 Å². The van der Waals surface area contributed by atoms with Gasteiger partial charge in [-0.05, 0) is 18.1 Å². The summed E-state index contributed by atoms with van der Waals surface area (Å²) in [6.07, 6.45) is 0.908. The SMILES string of the molecule is CCc1ccccc1S(=O)(=O)N1CCc2onc(C(=O)O)c2C1. The molecule has 0 amide bonds. The molecule has 0 fully saturated rings. The largest absolute Gasteiger partial charge is 0.476 e. The molecular weight excluding hydrogens is 320 g/mol. The Morgan fingerprint density at radius 1 is 1.39 bits per heavy atom. The van der Waals surface area contributed by atoms with Crippen molar-refractivity contribution in [2.75, 3.05) is 6.54 Å². The monoisotopic (exact) mass is 336 g/mol. The molecule has 1 N–H and O–H groups in total. The fraction of sp³-hybridized carbons (Fsp3) is 0.333. The zero-order valence-electron chi connectivity index (χ0n) is 12.5. The van der Waals surface area contributed by atoms with Crippen molar-refractivity contribution in [1.29, 1.82) is 0 Å². The van der Waals surface area contributed by atoms with Gasteiger partial charge in [-0.25, -0.2) is 13.2 Å². The van der Waals surface area contributed by atoms with Crippen LogP contribution in [-0.2, 0) is 29.4 Å². The van der Waals surface area contributed by atoms with Gasteiger partial charge in [0.15, 0.2) is 5.69 Å². The highest BCUT2D eigenvalue weighted by Gasteiger charge is 2.34. The number of hydrogen-bond acceptors (Lipinski definition) is 5. The van der Waals surface area contributed by atoms with E-state index in [0.717, 1.165) is 5.56 Å². The predicted molar refractivity (Wildman–Crippen MR) is 80.6 cm³/mol. The predicted octanol–water partition coefficient (Wildman–Crippen LogP) is 1.68. The number of aromatic carboxylic acids is 1. The van der Waals surface area contributed by atoms with E-state index < -0.39 is 16.0 Å². The summed E-state index contributed by atoms with van der Waals surface area (Å²) in [5.74, 6) is -0.777. The molecule has 122 valence electrons. The lowest BCUT2D eigenvalue weighted by Crippen LogP contribution is -2.36. The minimum absolute atomic E-state index is 0.0408. The molecule has 1 aromatic heterocycles. The average molecular weight is 336 g/mol. The second kappa shape index (κ2) is 5.78. The van der Waals surface area contributed by atoms with E-state index in [0.29, 0.717) is 24.2 Å². The number of fused-ring (bicyclic) bond motifs is 1. The van der Waals surface area contributed by atoms with Crippen molar-refractivity contribution in [2.24, 2.45) is 0 Å². The maximum atomic E-state index is 12.9. The van der Waals surface area contributed by atoms with Crippen LogP contribution in [0.15, 0.2) is 33.7 Å². The zero-order chi connectivity index (χ0) is 16.6. The standard InChI is InChI=1S/C15H16N2O5S/c1-2-10-5-3-4-6-13(10)23(20,21)17-8-7-12-11(9-17)14(15(18)19)16-22-12/h3-6H,2,7-9H2,1H3,(H,18,19). The molecule has 8 heteroatoms. The van der Waals surface area contributed by atoms with E-state index in [1.807, 2.05) is 6.92 Å². The summed E-state index contributed by atoms with van der Waals surface area (Å²) >= 11 is 0. The Morgan fingerprint density at radius 3 is 2.83 bits per heavy atom. The molecule has 0 spiro atoms. The number of nitrogens with zero attached hydrogens (tertiary/aromatic N) is 2. The molecule has 3 rings (SSSR count). The van der Waals surface area contributed by atoms with E-state index in [4.69, 9.17) is 9.63 Å². The van der Waals surface area contributed by atoms with Crippen molar-refractivity contribution in [3.05, 3.63) is 46.8 Å². The molecule has 1 aliphatic heterocycles. The number of benzene rings is 1. The number of aryl methyl sites for hydroxylation is 1. The van der Waals surface area contributed by atoms with E-state index in [2.05, 4.69) is 5.16 Å². The summed E-state index contributed by atoms with van der Waals surface area (Å²) in [6, 6.07) is 6.85. The van der Waals surface area contributed by atoms with Crippen molar-refractivity contribution in [3.63, 3.8) is 0 Å². The van der Waals surface area contributed by atoms with Gasteiger partial charge in [0.2, 0.25) is 10.0 Å². The lowest BCUT2D eigenvalue weighted by atomic mass is 10.1. The van der Waals surface area contributed by atoms with Crippen LogP contribution in [0.3, 0.4) is 0 Å². The molecule has 2 heterocycles. The Bertz CT molecular complexity index is 857. The number of carbonyl (C=O) groups is 1. The van der Waals surface area contributed by atoms with Crippen LogP contribution < -0.4 is 0 Å². The molecule has 0 bridgehead atoms. The van der Waals surface area contributed by atoms with Gasteiger partial charge in [-0.15, -0.1) is 0 Å². The van der Waals surface area contributed by atoms with Crippen LogP contribution in [0.2, 0.25) is 0 Å². The molecule has 0 unspecified atom stereocenters. The Morgan fingerprint density at radius 2 is 2.13 bits per heavy atom. The number of rotatable bonds is 4. The Kier molecular flexibility index (Phi) is 3.95. The third kappa shape index (κ3) is 2.64. The third-order valence-corrected chi connectivity index (χ3v) is 5.91. The van der Waals surface area contributed by atoms with Crippen molar-refractivity contribution in [3.8, 4) is 0 Å². The van der Waals surface area contributed by atoms with Crippen molar-refractivity contribution in [2.45, 2.75) is 31.2 Å². The molecule has 23 heavy (non-hydrogen) atoms. The van der Waals surface area contributed by atoms with E-state index >= 15 is 0 Å². The van der Waals surface area contributed by atoms with Gasteiger partial charge in [0.05, 0.1) is 4.90 Å². The summed E-state index contributed by atoms with van der Waals surface area (Å²) in [5.41, 5.74) is 0.854. The van der Waals surface area contributed by atoms with Crippen molar-refractivity contribution in [1.82, 2.24) is 9.46 Å². The highest BCUT2D eigenvalue weighted by atomic mass is 32.2. The molecule has 0 aliphatic carbocycles. The van der Waals surface area contributed by atoms with Crippen LogP contribution in [0, 0.1) is 0 Å². The van der Waals surface area contributed by atoms with Crippen LogP contribution in [0.25, 0.3) is 0 Å². The Hall–Kier alpha value is -2.19. The second-order valence-electron chi connectivity index (χ2n) is 5.29. The molecule has 2 aromatic rings. The number of aromatic nitrogens is 1. The number of hydrogen-bond donors (Lipinski definition) is 1. The van der Waals surface area contributed by atoms with Gasteiger partial charge in [-0.3, -0.25) is 0 Å². The van der Waals surface area contributed by atoms with E-state index in [1.54, 1.807) is 24.3 Å². The summed E-state index contributed by atoms with van der Waals surface area (Å²) in [6.45, 7) is 2.09. The molecule has 7 nitrogen and oxygen atoms in total. The van der Waals surface area contributed by atoms with E-state index in [1.165, 1.54) is 4.31 Å². The summed E-state index contributed by atoms with van der Waals surface area (Å²) in [4.78, 5) is 11.4. The third-order valence-electron chi connectivity index (χ3n) is 3.97. The van der Waals surface area contributed by atoms with Gasteiger partial charge in [-0.1, -0.05) is 30.3 Å². The minimum atomic E-state index is -3.70. The first-order valence-corrected chi connectivity index (χ1v) is 8.68. The van der Waals surface area contributed by atoms with Crippen LogP contribution in [0.4, 0.5) is 0 Å². The highest BCUT2D eigenvalue weighted by Crippen LogP contribution is 2.28. The number of carboxylic acids is 1. The van der Waals surface area contributed by atoms with Crippen molar-refractivity contribution >= 4 is 16.0 Å². The lowest BCUT2D eigenvalue weighted by molar-refractivity contribution is 0.0684. The highest BCUT2D eigenvalue weighted by molar-refractivity contribution is 7.89. The summed E-state index contributed by atoms with van der Waals surface area (Å²) in [7, 11) is -3.70. The number of carboxylic acid groups (broad SMARTS) is 1. The molecule has 0 saturated carbocycles. The maximum Gasteiger partial charge on any atom is 0.358 e. The topological polar surface area (TPSA) is 101 Å². The minimum Gasteiger partial charge on any atom is -0.476 e. The van der Waals surface area contributed by atoms with Crippen LogP contribution in [0.5, 0.6) is 0 Å². The Labute approximate surface area is 133 Å². The first-order chi connectivity index (χ1) is 10.9. The quantitative estimate of drug-likeness (QED) is 0.911. The van der Waals surface area contributed by atoms with Crippen LogP contribution in [0.1, 0.15) is 34.3 Å². The van der Waals surface area contributed by atoms with Gasteiger partial charge in [0.25, 0.3) is 0 Å². The molecular formula is C15H16N2O5S. The van der Waals surface area contributed by atoms with Crippen LogP contribution >= 0.6 is 0 Å². The Balaban J connectivity index is 1.99. The average Bonchev–Trinajstić information content (AvgIpc) is 2.98. The van der Waals surface area contributed by atoms with Gasteiger partial charge in [-0.2, -0.15) is 4.31 Å². The summed E-state index contributed by atoms with van der Waals surface area (Å²) < 4.78 is 32.1. The second-order valence-corrected chi connectivity index (χ2v) is 7.19. The van der Waals surface area contributed by atoms with Crippen molar-refractivity contribution < 1.29 is 22.8 Å². The lowest BCUT2D eigenvalue weighted by Gasteiger charge is -2.26. The van der Waals surface area contributed by atoms with Gasteiger partial charge in [0.1, 0.15) is 5.76 Å². The molecule has 1 aromatic carbocycles. The molecule has 0 atom stereocenters. The van der Waals surface area contributed by atoms with Gasteiger partial charge in [0, 0.05) is 25.1 Å². The normalized spacial score (nSPS) is 15.3.